The Kier molecular flexibility index (Phi) is 2.96. The standard InChI is InChI=1S/C13H21N3/c1-2-4-12(3-1)16-10-15-9-13(16)11-5-7-14-8-6-11/h9-12,14H,1-8H2. The van der Waals surface area contributed by atoms with Gasteiger partial charge in [0.15, 0.2) is 0 Å². The van der Waals surface area contributed by atoms with Gasteiger partial charge in [0.1, 0.15) is 0 Å². The molecule has 88 valence electrons. The van der Waals surface area contributed by atoms with Crippen LogP contribution in [0.4, 0.5) is 0 Å². The Morgan fingerprint density at radius 2 is 1.88 bits per heavy atom. The summed E-state index contributed by atoms with van der Waals surface area (Å²) >= 11 is 0. The van der Waals surface area contributed by atoms with Gasteiger partial charge in [0.2, 0.25) is 0 Å². The van der Waals surface area contributed by atoms with Crippen LogP contribution in [0.15, 0.2) is 12.5 Å². The van der Waals surface area contributed by atoms with Gasteiger partial charge in [-0.1, -0.05) is 12.8 Å². The molecule has 0 spiro atoms. The molecule has 3 heteroatoms. The van der Waals surface area contributed by atoms with Crippen LogP contribution in [-0.4, -0.2) is 22.6 Å². The van der Waals surface area contributed by atoms with Crippen LogP contribution in [0, 0.1) is 0 Å². The maximum absolute atomic E-state index is 4.38. The van der Waals surface area contributed by atoms with Crippen LogP contribution in [0.5, 0.6) is 0 Å². The van der Waals surface area contributed by atoms with Gasteiger partial charge >= 0.3 is 0 Å². The van der Waals surface area contributed by atoms with Crippen LogP contribution in [-0.2, 0) is 0 Å². The molecule has 0 radical (unpaired) electrons. The molecular formula is C13H21N3. The summed E-state index contributed by atoms with van der Waals surface area (Å²) in [6.45, 7) is 2.33. The Morgan fingerprint density at radius 3 is 2.62 bits per heavy atom. The molecule has 0 bridgehead atoms. The van der Waals surface area contributed by atoms with E-state index in [9.17, 15) is 0 Å². The van der Waals surface area contributed by atoms with Crippen molar-refractivity contribution >= 4 is 0 Å². The van der Waals surface area contributed by atoms with Crippen molar-refractivity contribution in [2.75, 3.05) is 13.1 Å². The summed E-state index contributed by atoms with van der Waals surface area (Å²) in [6, 6.07) is 0.743. The lowest BCUT2D eigenvalue weighted by Crippen LogP contribution is -2.28. The highest BCUT2D eigenvalue weighted by Crippen LogP contribution is 2.34. The van der Waals surface area contributed by atoms with Gasteiger partial charge in [-0.15, -0.1) is 0 Å². The zero-order valence-corrected chi connectivity index (χ0v) is 9.86. The number of piperidine rings is 1. The van der Waals surface area contributed by atoms with Crippen molar-refractivity contribution in [2.24, 2.45) is 0 Å². The van der Waals surface area contributed by atoms with E-state index >= 15 is 0 Å². The lowest BCUT2D eigenvalue weighted by atomic mass is 9.94. The second-order valence-corrected chi connectivity index (χ2v) is 5.19. The minimum atomic E-state index is 0.740. The van der Waals surface area contributed by atoms with Gasteiger partial charge in [0.25, 0.3) is 0 Å². The number of imidazole rings is 1. The van der Waals surface area contributed by atoms with E-state index in [1.807, 2.05) is 0 Å². The molecule has 0 amide bonds. The summed E-state index contributed by atoms with van der Waals surface area (Å²) in [5.74, 6) is 0.740. The number of hydrogen-bond acceptors (Lipinski definition) is 2. The van der Waals surface area contributed by atoms with Crippen LogP contribution in [0.2, 0.25) is 0 Å². The minimum absolute atomic E-state index is 0.740. The van der Waals surface area contributed by atoms with Crippen LogP contribution in [0.25, 0.3) is 0 Å². The molecule has 0 unspecified atom stereocenters. The molecule has 2 fully saturated rings. The number of aromatic nitrogens is 2. The third-order valence-electron chi connectivity index (χ3n) is 4.17. The van der Waals surface area contributed by atoms with Crippen LogP contribution < -0.4 is 5.32 Å². The monoisotopic (exact) mass is 219 g/mol. The Morgan fingerprint density at radius 1 is 1.12 bits per heavy atom. The average molecular weight is 219 g/mol. The SMILES string of the molecule is c1ncn(C2CCCC2)c1C1CCNCC1. The van der Waals surface area contributed by atoms with Gasteiger partial charge in [0.05, 0.1) is 6.33 Å². The Hall–Kier alpha value is -0.830. The molecule has 3 rings (SSSR count). The molecule has 1 aromatic rings. The van der Waals surface area contributed by atoms with E-state index in [0.29, 0.717) is 0 Å². The summed E-state index contributed by atoms with van der Waals surface area (Å²) in [7, 11) is 0. The highest BCUT2D eigenvalue weighted by atomic mass is 15.1. The van der Waals surface area contributed by atoms with Crippen molar-refractivity contribution in [1.82, 2.24) is 14.9 Å². The number of rotatable bonds is 2. The zero-order valence-electron chi connectivity index (χ0n) is 9.86. The summed E-state index contributed by atoms with van der Waals surface area (Å²) in [4.78, 5) is 4.38. The quantitative estimate of drug-likeness (QED) is 0.828. The Bertz CT molecular complexity index is 333. The second-order valence-electron chi connectivity index (χ2n) is 5.19. The lowest BCUT2D eigenvalue weighted by Gasteiger charge is -2.25. The van der Waals surface area contributed by atoms with Crippen molar-refractivity contribution in [1.29, 1.82) is 0 Å². The van der Waals surface area contributed by atoms with E-state index in [1.165, 1.54) is 57.3 Å². The number of hydrogen-bond donors (Lipinski definition) is 1. The highest BCUT2D eigenvalue weighted by molar-refractivity contribution is 5.09. The Labute approximate surface area is 97.3 Å². The third-order valence-corrected chi connectivity index (χ3v) is 4.17. The van der Waals surface area contributed by atoms with Gasteiger partial charge in [-0.2, -0.15) is 0 Å². The van der Waals surface area contributed by atoms with E-state index in [-0.39, 0.29) is 0 Å². The van der Waals surface area contributed by atoms with Gasteiger partial charge in [-0.3, -0.25) is 0 Å². The van der Waals surface area contributed by atoms with Crippen LogP contribution >= 0.6 is 0 Å². The molecule has 0 atom stereocenters. The zero-order chi connectivity index (χ0) is 10.8. The first kappa shape index (κ1) is 10.3. The molecule has 2 aliphatic rings. The maximum atomic E-state index is 4.38. The summed E-state index contributed by atoms with van der Waals surface area (Å²) < 4.78 is 2.48. The average Bonchev–Trinajstić information content (AvgIpc) is 3.01. The highest BCUT2D eigenvalue weighted by Gasteiger charge is 2.24. The Balaban J connectivity index is 1.80. The summed E-state index contributed by atoms with van der Waals surface area (Å²) in [6.07, 6.45) is 12.2. The molecule has 0 aromatic carbocycles. The molecule has 1 aromatic heterocycles. The molecule has 1 aliphatic carbocycles. The largest absolute Gasteiger partial charge is 0.331 e. The van der Waals surface area contributed by atoms with Crippen molar-refractivity contribution in [3.8, 4) is 0 Å². The molecule has 2 heterocycles. The van der Waals surface area contributed by atoms with Gasteiger partial charge in [0, 0.05) is 23.9 Å². The first-order valence-electron chi connectivity index (χ1n) is 6.67. The van der Waals surface area contributed by atoms with Crippen molar-refractivity contribution in [2.45, 2.75) is 50.5 Å². The third kappa shape index (κ3) is 1.88. The van der Waals surface area contributed by atoms with Crippen LogP contribution in [0.3, 0.4) is 0 Å². The first-order valence-corrected chi connectivity index (χ1v) is 6.67. The molecule has 1 aliphatic heterocycles. The minimum Gasteiger partial charge on any atom is -0.331 e. The second kappa shape index (κ2) is 4.58. The molecule has 1 saturated heterocycles. The smallest absolute Gasteiger partial charge is 0.0950 e. The topological polar surface area (TPSA) is 29.9 Å². The van der Waals surface area contributed by atoms with E-state index < -0.39 is 0 Å². The van der Waals surface area contributed by atoms with Crippen molar-refractivity contribution in [3.63, 3.8) is 0 Å². The van der Waals surface area contributed by atoms with E-state index in [1.54, 1.807) is 0 Å². The molecule has 16 heavy (non-hydrogen) atoms. The van der Waals surface area contributed by atoms with E-state index in [2.05, 4.69) is 27.4 Å². The predicted octanol–water partition coefficient (Wildman–Crippen LogP) is 2.47. The first-order chi connectivity index (χ1) is 7.95. The number of nitrogens with one attached hydrogen (secondary N) is 1. The van der Waals surface area contributed by atoms with Crippen molar-refractivity contribution < 1.29 is 0 Å². The lowest BCUT2D eigenvalue weighted by molar-refractivity contribution is 0.416. The van der Waals surface area contributed by atoms with Crippen molar-refractivity contribution in [3.05, 3.63) is 18.2 Å². The predicted molar refractivity (Wildman–Crippen MR) is 64.6 cm³/mol. The van der Waals surface area contributed by atoms with Crippen LogP contribution in [0.1, 0.15) is 56.2 Å². The molecule has 3 nitrogen and oxygen atoms in total. The summed E-state index contributed by atoms with van der Waals surface area (Å²) in [5.41, 5.74) is 1.49. The normalized spacial score (nSPS) is 24.0. The van der Waals surface area contributed by atoms with Gasteiger partial charge < -0.3 is 9.88 Å². The van der Waals surface area contributed by atoms with E-state index in [4.69, 9.17) is 0 Å². The molecular weight excluding hydrogens is 198 g/mol. The molecule has 1 N–H and O–H groups in total. The fraction of sp³-hybridized carbons (Fsp3) is 0.769. The number of nitrogens with zero attached hydrogens (tertiary/aromatic N) is 2. The maximum Gasteiger partial charge on any atom is 0.0950 e. The fourth-order valence-corrected chi connectivity index (χ4v) is 3.24. The van der Waals surface area contributed by atoms with Gasteiger partial charge in [-0.25, -0.2) is 4.98 Å². The van der Waals surface area contributed by atoms with Gasteiger partial charge in [-0.05, 0) is 38.8 Å². The summed E-state index contributed by atoms with van der Waals surface area (Å²) in [5, 5.41) is 3.44. The molecule has 1 saturated carbocycles. The van der Waals surface area contributed by atoms with E-state index in [0.717, 1.165) is 12.0 Å². The fourth-order valence-electron chi connectivity index (χ4n) is 3.24.